The highest BCUT2D eigenvalue weighted by atomic mass is 35.5. The topological polar surface area (TPSA) is 55.4 Å². The lowest BCUT2D eigenvalue weighted by molar-refractivity contribution is 0.204. The molecule has 0 atom stereocenters. The monoisotopic (exact) mass is 263 g/mol. The molecular formula is C10H14ClNO3S. The lowest BCUT2D eigenvalue weighted by Crippen LogP contribution is -2.27. The smallest absolute Gasteiger partial charge is 0.240 e. The standard InChI is InChI=1S/C10H14ClNO3S/c1-8-3-4-9(11)7-10(8)16(13,14)12-5-6-15-2/h3-4,7,12H,5-6H2,1-2H3. The van der Waals surface area contributed by atoms with Gasteiger partial charge in [0.05, 0.1) is 11.5 Å². The van der Waals surface area contributed by atoms with Gasteiger partial charge >= 0.3 is 0 Å². The highest BCUT2D eigenvalue weighted by Crippen LogP contribution is 2.19. The minimum Gasteiger partial charge on any atom is -0.383 e. The van der Waals surface area contributed by atoms with E-state index in [-0.39, 0.29) is 11.4 Å². The Bertz CT molecular complexity index is 459. The molecule has 0 fully saturated rings. The number of rotatable bonds is 5. The fraction of sp³-hybridized carbons (Fsp3) is 0.400. The Morgan fingerprint density at radius 3 is 2.75 bits per heavy atom. The molecule has 0 heterocycles. The maximum absolute atomic E-state index is 11.9. The first-order valence-electron chi connectivity index (χ1n) is 4.72. The van der Waals surface area contributed by atoms with Gasteiger partial charge in [0.2, 0.25) is 10.0 Å². The van der Waals surface area contributed by atoms with E-state index in [1.165, 1.54) is 13.2 Å². The Balaban J connectivity index is 2.93. The highest BCUT2D eigenvalue weighted by molar-refractivity contribution is 7.89. The minimum atomic E-state index is -3.50. The summed E-state index contributed by atoms with van der Waals surface area (Å²) in [6, 6.07) is 4.77. The number of benzene rings is 1. The average molecular weight is 264 g/mol. The Morgan fingerprint density at radius 2 is 2.12 bits per heavy atom. The minimum absolute atomic E-state index is 0.205. The summed E-state index contributed by atoms with van der Waals surface area (Å²) in [7, 11) is -1.99. The second-order valence-electron chi connectivity index (χ2n) is 3.30. The van der Waals surface area contributed by atoms with Crippen molar-refractivity contribution in [3.63, 3.8) is 0 Å². The number of methoxy groups -OCH3 is 1. The Hall–Kier alpha value is -0.620. The molecule has 0 aromatic heterocycles. The van der Waals surface area contributed by atoms with Gasteiger partial charge in [0.1, 0.15) is 0 Å². The van der Waals surface area contributed by atoms with Crippen LogP contribution in [0.4, 0.5) is 0 Å². The predicted molar refractivity (Wildman–Crippen MR) is 63.3 cm³/mol. The van der Waals surface area contributed by atoms with Crippen molar-refractivity contribution in [2.75, 3.05) is 20.3 Å². The number of hydrogen-bond donors (Lipinski definition) is 1. The Morgan fingerprint density at radius 1 is 1.44 bits per heavy atom. The molecule has 90 valence electrons. The van der Waals surface area contributed by atoms with Crippen LogP contribution in [-0.2, 0) is 14.8 Å². The number of nitrogens with one attached hydrogen (secondary N) is 1. The average Bonchev–Trinajstić information content (AvgIpc) is 2.22. The molecule has 1 aromatic rings. The van der Waals surface area contributed by atoms with E-state index >= 15 is 0 Å². The fourth-order valence-corrected chi connectivity index (χ4v) is 2.74. The number of sulfonamides is 1. The molecule has 1 aromatic carbocycles. The second kappa shape index (κ2) is 5.63. The van der Waals surface area contributed by atoms with Gasteiger partial charge in [-0.15, -0.1) is 0 Å². The zero-order valence-corrected chi connectivity index (χ0v) is 10.7. The van der Waals surface area contributed by atoms with Crippen LogP contribution in [0.25, 0.3) is 0 Å². The normalized spacial score (nSPS) is 11.7. The largest absolute Gasteiger partial charge is 0.383 e. The summed E-state index contributed by atoms with van der Waals surface area (Å²) in [5, 5.41) is 0.401. The molecule has 0 saturated heterocycles. The van der Waals surface area contributed by atoms with E-state index in [0.717, 1.165) is 0 Å². The van der Waals surface area contributed by atoms with E-state index in [2.05, 4.69) is 4.72 Å². The van der Waals surface area contributed by atoms with Crippen LogP contribution < -0.4 is 4.72 Å². The van der Waals surface area contributed by atoms with Crippen LogP contribution in [0.15, 0.2) is 23.1 Å². The van der Waals surface area contributed by atoms with Crippen molar-refractivity contribution in [1.29, 1.82) is 0 Å². The second-order valence-corrected chi connectivity index (χ2v) is 5.47. The lowest BCUT2D eigenvalue weighted by atomic mass is 10.2. The SMILES string of the molecule is COCCNS(=O)(=O)c1cc(Cl)ccc1C. The van der Waals surface area contributed by atoms with Gasteiger partial charge in [-0.25, -0.2) is 13.1 Å². The van der Waals surface area contributed by atoms with Crippen LogP contribution in [-0.4, -0.2) is 28.7 Å². The van der Waals surface area contributed by atoms with Gasteiger partial charge in [-0.05, 0) is 24.6 Å². The van der Waals surface area contributed by atoms with Gasteiger partial charge in [-0.2, -0.15) is 0 Å². The van der Waals surface area contributed by atoms with Crippen molar-refractivity contribution in [1.82, 2.24) is 4.72 Å². The third kappa shape index (κ3) is 3.45. The van der Waals surface area contributed by atoms with Crippen LogP contribution >= 0.6 is 11.6 Å². The Kier molecular flexibility index (Phi) is 4.73. The molecule has 0 aliphatic heterocycles. The summed E-state index contributed by atoms with van der Waals surface area (Å²) >= 11 is 5.77. The molecule has 0 radical (unpaired) electrons. The van der Waals surface area contributed by atoms with Gasteiger partial charge in [-0.1, -0.05) is 17.7 Å². The molecule has 0 saturated carbocycles. The summed E-state index contributed by atoms with van der Waals surface area (Å²) in [5.74, 6) is 0. The van der Waals surface area contributed by atoms with E-state index < -0.39 is 10.0 Å². The number of hydrogen-bond acceptors (Lipinski definition) is 3. The predicted octanol–water partition coefficient (Wildman–Crippen LogP) is 1.57. The maximum atomic E-state index is 11.9. The number of aryl methyl sites for hydroxylation is 1. The lowest BCUT2D eigenvalue weighted by Gasteiger charge is -2.09. The number of halogens is 1. The summed E-state index contributed by atoms with van der Waals surface area (Å²) in [6.07, 6.45) is 0. The van der Waals surface area contributed by atoms with Crippen LogP contribution in [0.1, 0.15) is 5.56 Å². The molecule has 0 spiro atoms. The fourth-order valence-electron chi connectivity index (χ4n) is 1.22. The molecule has 4 nitrogen and oxygen atoms in total. The highest BCUT2D eigenvalue weighted by Gasteiger charge is 2.16. The van der Waals surface area contributed by atoms with Gasteiger partial charge in [0, 0.05) is 18.7 Å². The van der Waals surface area contributed by atoms with E-state index in [0.29, 0.717) is 17.2 Å². The third-order valence-electron chi connectivity index (χ3n) is 2.04. The Labute approximate surface area is 101 Å². The number of ether oxygens (including phenoxy) is 1. The van der Waals surface area contributed by atoms with Crippen molar-refractivity contribution in [2.24, 2.45) is 0 Å². The first kappa shape index (κ1) is 13.4. The van der Waals surface area contributed by atoms with E-state index in [9.17, 15) is 8.42 Å². The van der Waals surface area contributed by atoms with E-state index in [1.54, 1.807) is 19.1 Å². The molecule has 1 rings (SSSR count). The molecule has 0 amide bonds. The van der Waals surface area contributed by atoms with Crippen molar-refractivity contribution in [2.45, 2.75) is 11.8 Å². The zero-order chi connectivity index (χ0) is 12.2. The van der Waals surface area contributed by atoms with Crippen molar-refractivity contribution >= 4 is 21.6 Å². The van der Waals surface area contributed by atoms with Crippen molar-refractivity contribution in [3.05, 3.63) is 28.8 Å². The molecule has 0 aliphatic rings. The van der Waals surface area contributed by atoms with Crippen LogP contribution in [0, 0.1) is 6.92 Å². The molecule has 16 heavy (non-hydrogen) atoms. The maximum Gasteiger partial charge on any atom is 0.240 e. The van der Waals surface area contributed by atoms with Gasteiger partial charge in [-0.3, -0.25) is 0 Å². The van der Waals surface area contributed by atoms with Crippen LogP contribution in [0.5, 0.6) is 0 Å². The van der Waals surface area contributed by atoms with Crippen LogP contribution in [0.3, 0.4) is 0 Å². The molecule has 6 heteroatoms. The molecule has 0 unspecified atom stereocenters. The van der Waals surface area contributed by atoms with E-state index in [4.69, 9.17) is 16.3 Å². The summed E-state index contributed by atoms with van der Waals surface area (Å²) in [5.41, 5.74) is 0.661. The van der Waals surface area contributed by atoms with Gasteiger partial charge in [0.15, 0.2) is 0 Å². The molecule has 1 N–H and O–H groups in total. The van der Waals surface area contributed by atoms with Crippen LogP contribution in [0.2, 0.25) is 5.02 Å². The van der Waals surface area contributed by atoms with Crippen molar-refractivity contribution < 1.29 is 13.2 Å². The van der Waals surface area contributed by atoms with Gasteiger partial charge in [0.25, 0.3) is 0 Å². The quantitative estimate of drug-likeness (QED) is 0.821. The first-order valence-corrected chi connectivity index (χ1v) is 6.58. The first-order chi connectivity index (χ1) is 7.47. The third-order valence-corrected chi connectivity index (χ3v) is 3.88. The van der Waals surface area contributed by atoms with E-state index in [1.807, 2.05) is 0 Å². The van der Waals surface area contributed by atoms with Gasteiger partial charge < -0.3 is 4.74 Å². The summed E-state index contributed by atoms with van der Waals surface area (Å²) in [4.78, 5) is 0.205. The van der Waals surface area contributed by atoms with Crippen molar-refractivity contribution in [3.8, 4) is 0 Å². The molecule has 0 aliphatic carbocycles. The molecule has 0 bridgehead atoms. The summed E-state index contributed by atoms with van der Waals surface area (Å²) < 4.78 is 30.9. The zero-order valence-electron chi connectivity index (χ0n) is 9.16. The summed E-state index contributed by atoms with van der Waals surface area (Å²) in [6.45, 7) is 2.30. The molecular weight excluding hydrogens is 250 g/mol.